The van der Waals surface area contributed by atoms with Crippen LogP contribution >= 0.6 is 0 Å². The summed E-state index contributed by atoms with van der Waals surface area (Å²) in [6.07, 6.45) is -3.08. The number of aliphatic hydroxyl groups is 1. The van der Waals surface area contributed by atoms with Crippen molar-refractivity contribution in [1.29, 1.82) is 0 Å². The van der Waals surface area contributed by atoms with E-state index in [0.29, 0.717) is 31.6 Å². The van der Waals surface area contributed by atoms with Crippen molar-refractivity contribution in [3.05, 3.63) is 65.2 Å². The topological polar surface area (TPSA) is 131 Å². The fraction of sp³-hybridized carbons (Fsp3) is 0.423. The molecule has 0 atom stereocenters. The minimum atomic E-state index is -4.56. The van der Waals surface area contributed by atoms with Crippen LogP contribution in [-0.4, -0.2) is 64.7 Å². The van der Waals surface area contributed by atoms with Crippen LogP contribution in [-0.2, 0) is 16.6 Å². The first-order chi connectivity index (χ1) is 17.9. The zero-order valence-corrected chi connectivity index (χ0v) is 20.4. The summed E-state index contributed by atoms with van der Waals surface area (Å²) in [5.74, 6) is -1.18. The Hall–Kier alpha value is -3.64. The Bertz CT molecular complexity index is 1170. The zero-order valence-electron chi connectivity index (χ0n) is 20.4. The highest BCUT2D eigenvalue weighted by Gasteiger charge is 2.40. The van der Waals surface area contributed by atoms with Gasteiger partial charge in [-0.3, -0.25) is 19.8 Å². The maximum absolute atomic E-state index is 12.8. The number of likely N-dealkylation sites (tertiary alicyclic amines) is 1. The van der Waals surface area contributed by atoms with Gasteiger partial charge in [0.15, 0.2) is 0 Å². The molecule has 1 saturated heterocycles. The third-order valence-corrected chi connectivity index (χ3v) is 7.11. The third kappa shape index (κ3) is 6.62. The van der Waals surface area contributed by atoms with Gasteiger partial charge in [0.1, 0.15) is 0 Å². The van der Waals surface area contributed by atoms with Crippen molar-refractivity contribution >= 4 is 23.6 Å². The number of nitrogens with zero attached hydrogens (tertiary/aromatic N) is 1. The van der Waals surface area contributed by atoms with Gasteiger partial charge in [-0.25, -0.2) is 4.79 Å². The van der Waals surface area contributed by atoms with Crippen molar-refractivity contribution in [2.75, 3.05) is 25.0 Å². The molecule has 204 valence electrons. The standard InChI is InChI=1S/C26H29F3N4O5/c27-26(28,29)18-3-1-2-16(12-18)23(35)30-13-22(34)31-20-14-33(15-20)21-8-10-25(38,11-9-21)17-4-6-19(7-5-17)32-24(36)37/h1-7,12,20-21,32,38H,8-11,13-15H2,(H,30,35)(H,31,34)(H,36,37). The summed E-state index contributed by atoms with van der Waals surface area (Å²) in [5, 5.41) is 27.4. The maximum atomic E-state index is 12.8. The molecule has 2 aromatic rings. The van der Waals surface area contributed by atoms with E-state index in [1.807, 2.05) is 0 Å². The van der Waals surface area contributed by atoms with E-state index in [1.54, 1.807) is 24.3 Å². The van der Waals surface area contributed by atoms with Gasteiger partial charge in [-0.05, 0) is 61.6 Å². The van der Waals surface area contributed by atoms with E-state index in [9.17, 15) is 32.7 Å². The molecule has 1 heterocycles. The molecule has 0 aromatic heterocycles. The molecule has 5 N–H and O–H groups in total. The lowest BCUT2D eigenvalue weighted by atomic mass is 9.76. The molecule has 9 nitrogen and oxygen atoms in total. The molecular weight excluding hydrogens is 505 g/mol. The van der Waals surface area contributed by atoms with E-state index in [0.717, 1.165) is 36.6 Å². The smallest absolute Gasteiger partial charge is 0.416 e. The van der Waals surface area contributed by atoms with E-state index in [4.69, 9.17) is 5.11 Å². The second kappa shape index (κ2) is 11.0. The third-order valence-electron chi connectivity index (χ3n) is 7.11. The summed E-state index contributed by atoms with van der Waals surface area (Å²) >= 11 is 0. The SMILES string of the molecule is O=C(O)Nc1ccc(C2(O)CCC(N3CC(NC(=O)CNC(=O)c4cccc(C(F)(F)F)c4)C3)CC2)cc1. The lowest BCUT2D eigenvalue weighted by Crippen LogP contribution is -2.63. The predicted octanol–water partition coefficient (Wildman–Crippen LogP) is 3.16. The molecule has 0 unspecified atom stereocenters. The Morgan fingerprint density at radius 1 is 1.03 bits per heavy atom. The Morgan fingerprint density at radius 2 is 1.68 bits per heavy atom. The van der Waals surface area contributed by atoms with Crippen LogP contribution in [0.4, 0.5) is 23.7 Å². The van der Waals surface area contributed by atoms with Crippen molar-refractivity contribution in [2.24, 2.45) is 0 Å². The summed E-state index contributed by atoms with van der Waals surface area (Å²) in [7, 11) is 0. The van der Waals surface area contributed by atoms with Crippen LogP contribution in [0.15, 0.2) is 48.5 Å². The highest BCUT2D eigenvalue weighted by molar-refractivity contribution is 5.96. The number of rotatable bonds is 7. The highest BCUT2D eigenvalue weighted by atomic mass is 19.4. The summed E-state index contributed by atoms with van der Waals surface area (Å²) in [6.45, 7) is 0.917. The first-order valence-corrected chi connectivity index (χ1v) is 12.2. The monoisotopic (exact) mass is 534 g/mol. The van der Waals surface area contributed by atoms with E-state index in [-0.39, 0.29) is 24.2 Å². The van der Waals surface area contributed by atoms with Crippen LogP contribution in [0.3, 0.4) is 0 Å². The Kier molecular flexibility index (Phi) is 7.93. The van der Waals surface area contributed by atoms with E-state index in [1.165, 1.54) is 6.07 Å². The Labute approximate surface area is 217 Å². The average molecular weight is 535 g/mol. The van der Waals surface area contributed by atoms with E-state index in [2.05, 4.69) is 20.9 Å². The van der Waals surface area contributed by atoms with Crippen LogP contribution in [0, 0.1) is 0 Å². The number of carboxylic acid groups (broad SMARTS) is 1. The maximum Gasteiger partial charge on any atom is 0.416 e. The number of alkyl halides is 3. The molecule has 1 aliphatic heterocycles. The number of carbonyl (C=O) groups excluding carboxylic acids is 2. The highest BCUT2D eigenvalue weighted by Crippen LogP contribution is 2.39. The number of benzene rings is 2. The van der Waals surface area contributed by atoms with Gasteiger partial charge in [-0.1, -0.05) is 18.2 Å². The van der Waals surface area contributed by atoms with Crippen LogP contribution in [0.2, 0.25) is 0 Å². The van der Waals surface area contributed by atoms with Crippen LogP contribution in [0.5, 0.6) is 0 Å². The fourth-order valence-corrected chi connectivity index (χ4v) is 5.00. The molecule has 4 rings (SSSR count). The van der Waals surface area contributed by atoms with Crippen molar-refractivity contribution < 1.29 is 37.8 Å². The fourth-order valence-electron chi connectivity index (χ4n) is 5.00. The van der Waals surface area contributed by atoms with Crippen LogP contribution in [0.1, 0.15) is 47.2 Å². The molecule has 2 fully saturated rings. The van der Waals surface area contributed by atoms with Gasteiger partial charge in [-0.2, -0.15) is 13.2 Å². The lowest BCUT2D eigenvalue weighted by Gasteiger charge is -2.48. The molecule has 2 aliphatic rings. The number of anilines is 1. The quantitative estimate of drug-likeness (QED) is 0.371. The van der Waals surface area contributed by atoms with E-state index >= 15 is 0 Å². The van der Waals surface area contributed by atoms with E-state index < -0.39 is 35.2 Å². The first kappa shape index (κ1) is 27.4. The number of hydrogen-bond acceptors (Lipinski definition) is 5. The number of carbonyl (C=O) groups is 3. The van der Waals surface area contributed by atoms with Crippen LogP contribution in [0.25, 0.3) is 0 Å². The summed E-state index contributed by atoms with van der Waals surface area (Å²) < 4.78 is 38.5. The van der Waals surface area contributed by atoms with Gasteiger partial charge in [0.05, 0.1) is 23.8 Å². The minimum absolute atomic E-state index is 0.0944. The molecule has 1 saturated carbocycles. The predicted molar refractivity (Wildman–Crippen MR) is 132 cm³/mol. The first-order valence-electron chi connectivity index (χ1n) is 12.2. The number of nitrogens with one attached hydrogen (secondary N) is 3. The number of hydrogen-bond donors (Lipinski definition) is 5. The minimum Gasteiger partial charge on any atom is -0.465 e. The van der Waals surface area contributed by atoms with Gasteiger partial charge in [0.25, 0.3) is 5.91 Å². The van der Waals surface area contributed by atoms with Crippen molar-refractivity contribution in [2.45, 2.75) is 49.5 Å². The molecule has 2 aromatic carbocycles. The Morgan fingerprint density at radius 3 is 2.29 bits per heavy atom. The van der Waals surface area contributed by atoms with Gasteiger partial charge in [-0.15, -0.1) is 0 Å². The molecule has 12 heteroatoms. The van der Waals surface area contributed by atoms with Gasteiger partial charge in [0.2, 0.25) is 5.91 Å². The van der Waals surface area contributed by atoms with Crippen molar-refractivity contribution in [3.8, 4) is 0 Å². The van der Waals surface area contributed by atoms with Gasteiger partial charge < -0.3 is 20.8 Å². The Balaban J connectivity index is 1.17. The van der Waals surface area contributed by atoms with Crippen molar-refractivity contribution in [1.82, 2.24) is 15.5 Å². The molecular formula is C26H29F3N4O5. The normalized spacial score (nSPS) is 22.3. The number of amides is 3. The van der Waals surface area contributed by atoms with Crippen molar-refractivity contribution in [3.63, 3.8) is 0 Å². The number of halogens is 3. The van der Waals surface area contributed by atoms with Crippen LogP contribution < -0.4 is 16.0 Å². The molecule has 38 heavy (non-hydrogen) atoms. The van der Waals surface area contributed by atoms with Gasteiger partial charge >= 0.3 is 12.3 Å². The molecule has 3 amide bonds. The summed E-state index contributed by atoms with van der Waals surface area (Å²) in [5.41, 5.74) is -0.909. The summed E-state index contributed by atoms with van der Waals surface area (Å²) in [4.78, 5) is 37.4. The second-order valence-electron chi connectivity index (χ2n) is 9.75. The molecule has 0 radical (unpaired) electrons. The molecule has 1 aliphatic carbocycles. The molecule has 0 bridgehead atoms. The van der Waals surface area contributed by atoms with Gasteiger partial charge in [0, 0.05) is 30.4 Å². The average Bonchev–Trinajstić information content (AvgIpc) is 2.85. The summed E-state index contributed by atoms with van der Waals surface area (Å²) in [6, 6.07) is 10.9. The largest absolute Gasteiger partial charge is 0.465 e. The molecule has 0 spiro atoms. The lowest BCUT2D eigenvalue weighted by molar-refractivity contribution is -0.137. The second-order valence-corrected chi connectivity index (χ2v) is 9.75. The zero-order chi connectivity index (χ0) is 27.5.